The first-order chi connectivity index (χ1) is 9.36. The highest BCUT2D eigenvalue weighted by Crippen LogP contribution is 2.39. The SMILES string of the molecule is O=C(Cc1ccc(F)cc1)C1CCC(C(F)(F)F)CC1. The molecule has 1 aromatic rings. The van der Waals surface area contributed by atoms with Gasteiger partial charge in [0.15, 0.2) is 0 Å². The van der Waals surface area contributed by atoms with E-state index < -0.39 is 12.1 Å². The van der Waals surface area contributed by atoms with Crippen LogP contribution in [-0.4, -0.2) is 12.0 Å². The summed E-state index contributed by atoms with van der Waals surface area (Å²) in [5.41, 5.74) is 0.703. The van der Waals surface area contributed by atoms with Crippen LogP contribution >= 0.6 is 0 Å². The molecule has 0 radical (unpaired) electrons. The first-order valence-electron chi connectivity index (χ1n) is 6.70. The normalized spacial score (nSPS) is 23.6. The average molecular weight is 288 g/mol. The Morgan fingerprint density at radius 3 is 2.10 bits per heavy atom. The quantitative estimate of drug-likeness (QED) is 0.758. The minimum atomic E-state index is -4.15. The van der Waals surface area contributed by atoms with Gasteiger partial charge in [-0.15, -0.1) is 0 Å². The molecule has 1 aliphatic rings. The van der Waals surface area contributed by atoms with Gasteiger partial charge in [-0.25, -0.2) is 4.39 Å². The molecule has 0 spiro atoms. The topological polar surface area (TPSA) is 17.1 Å². The van der Waals surface area contributed by atoms with Crippen LogP contribution in [0.15, 0.2) is 24.3 Å². The van der Waals surface area contributed by atoms with Crippen LogP contribution in [0.5, 0.6) is 0 Å². The Kier molecular flexibility index (Phi) is 4.45. The van der Waals surface area contributed by atoms with Crippen molar-refractivity contribution in [2.45, 2.75) is 38.3 Å². The molecule has 2 rings (SSSR count). The van der Waals surface area contributed by atoms with E-state index in [1.54, 1.807) is 0 Å². The van der Waals surface area contributed by atoms with Crippen molar-refractivity contribution in [3.8, 4) is 0 Å². The van der Waals surface area contributed by atoms with Crippen LogP contribution in [0, 0.1) is 17.7 Å². The lowest BCUT2D eigenvalue weighted by atomic mass is 9.78. The zero-order valence-corrected chi connectivity index (χ0v) is 10.9. The monoisotopic (exact) mass is 288 g/mol. The van der Waals surface area contributed by atoms with Crippen LogP contribution in [-0.2, 0) is 11.2 Å². The Labute approximate surface area is 115 Å². The molecule has 5 heteroatoms. The fourth-order valence-electron chi connectivity index (χ4n) is 2.69. The van der Waals surface area contributed by atoms with Gasteiger partial charge in [0.2, 0.25) is 0 Å². The molecular weight excluding hydrogens is 272 g/mol. The third kappa shape index (κ3) is 3.81. The van der Waals surface area contributed by atoms with Crippen molar-refractivity contribution in [3.05, 3.63) is 35.6 Å². The van der Waals surface area contributed by atoms with Gasteiger partial charge in [0.25, 0.3) is 0 Å². The maximum Gasteiger partial charge on any atom is 0.391 e. The first kappa shape index (κ1) is 15.0. The molecule has 1 saturated carbocycles. The van der Waals surface area contributed by atoms with E-state index in [-0.39, 0.29) is 36.8 Å². The molecule has 1 aromatic carbocycles. The molecule has 0 saturated heterocycles. The second-order valence-corrected chi connectivity index (χ2v) is 5.36. The van der Waals surface area contributed by atoms with Crippen molar-refractivity contribution < 1.29 is 22.4 Å². The maximum atomic E-state index is 12.7. The van der Waals surface area contributed by atoms with Crippen LogP contribution < -0.4 is 0 Å². The van der Waals surface area contributed by atoms with Gasteiger partial charge in [0, 0.05) is 12.3 Å². The lowest BCUT2D eigenvalue weighted by Gasteiger charge is -2.29. The highest BCUT2D eigenvalue weighted by molar-refractivity contribution is 5.83. The van der Waals surface area contributed by atoms with Crippen molar-refractivity contribution in [1.82, 2.24) is 0 Å². The average Bonchev–Trinajstić information content (AvgIpc) is 2.40. The number of Topliss-reactive ketones (excluding diaryl/α,β-unsaturated/α-hetero) is 1. The van der Waals surface area contributed by atoms with Gasteiger partial charge in [-0.3, -0.25) is 4.79 Å². The smallest absolute Gasteiger partial charge is 0.299 e. The number of hydrogen-bond donors (Lipinski definition) is 0. The van der Waals surface area contributed by atoms with Crippen molar-refractivity contribution in [2.75, 3.05) is 0 Å². The number of rotatable bonds is 3. The van der Waals surface area contributed by atoms with Gasteiger partial charge in [-0.2, -0.15) is 13.2 Å². The summed E-state index contributed by atoms with van der Waals surface area (Å²) in [7, 11) is 0. The Morgan fingerprint density at radius 1 is 1.05 bits per heavy atom. The molecule has 1 fully saturated rings. The predicted molar refractivity (Wildman–Crippen MR) is 66.6 cm³/mol. The minimum Gasteiger partial charge on any atom is -0.299 e. The van der Waals surface area contributed by atoms with E-state index in [2.05, 4.69) is 0 Å². The lowest BCUT2D eigenvalue weighted by Crippen LogP contribution is -2.30. The molecule has 0 amide bonds. The number of benzene rings is 1. The summed E-state index contributed by atoms with van der Waals surface area (Å²) in [5.74, 6) is -1.97. The summed E-state index contributed by atoms with van der Waals surface area (Å²) in [5, 5.41) is 0. The summed E-state index contributed by atoms with van der Waals surface area (Å²) >= 11 is 0. The van der Waals surface area contributed by atoms with Gasteiger partial charge in [0.1, 0.15) is 11.6 Å². The standard InChI is InChI=1S/C15H16F4O/c16-13-7-1-10(2-8-13)9-14(20)11-3-5-12(6-4-11)15(17,18)19/h1-2,7-8,11-12H,3-6,9H2. The third-order valence-corrected chi connectivity index (χ3v) is 3.94. The van der Waals surface area contributed by atoms with Crippen LogP contribution in [0.3, 0.4) is 0 Å². The molecule has 0 heterocycles. The van der Waals surface area contributed by atoms with Crippen LogP contribution in [0.25, 0.3) is 0 Å². The highest BCUT2D eigenvalue weighted by Gasteiger charge is 2.42. The molecule has 1 aliphatic carbocycles. The number of ketones is 1. The van der Waals surface area contributed by atoms with Gasteiger partial charge in [-0.1, -0.05) is 12.1 Å². The molecular formula is C15H16F4O. The predicted octanol–water partition coefficient (Wildman–Crippen LogP) is 4.31. The van der Waals surface area contributed by atoms with Crippen LogP contribution in [0.2, 0.25) is 0 Å². The number of carbonyl (C=O) groups excluding carboxylic acids is 1. The van der Waals surface area contributed by atoms with E-state index in [9.17, 15) is 22.4 Å². The van der Waals surface area contributed by atoms with E-state index in [1.807, 2.05) is 0 Å². The Hall–Kier alpha value is -1.39. The molecule has 0 bridgehead atoms. The summed E-state index contributed by atoms with van der Waals surface area (Å²) in [6, 6.07) is 5.63. The molecule has 110 valence electrons. The highest BCUT2D eigenvalue weighted by atomic mass is 19.4. The van der Waals surface area contributed by atoms with Crippen LogP contribution in [0.1, 0.15) is 31.2 Å². The second-order valence-electron chi connectivity index (χ2n) is 5.36. The summed E-state index contributed by atoms with van der Waals surface area (Å²) < 4.78 is 50.3. The fourth-order valence-corrected chi connectivity index (χ4v) is 2.69. The molecule has 1 nitrogen and oxygen atoms in total. The lowest BCUT2D eigenvalue weighted by molar-refractivity contribution is -0.184. The summed E-state index contributed by atoms with van der Waals surface area (Å²) in [4.78, 5) is 12.0. The zero-order chi connectivity index (χ0) is 14.8. The molecule has 20 heavy (non-hydrogen) atoms. The Bertz CT molecular complexity index is 456. The number of alkyl halides is 3. The van der Waals surface area contributed by atoms with Gasteiger partial charge in [0.05, 0.1) is 5.92 Å². The van der Waals surface area contributed by atoms with Crippen LogP contribution in [0.4, 0.5) is 17.6 Å². The summed E-state index contributed by atoms with van der Waals surface area (Å²) in [6.07, 6.45) is -3.33. The number of carbonyl (C=O) groups is 1. The van der Waals surface area contributed by atoms with Gasteiger partial charge >= 0.3 is 6.18 Å². The van der Waals surface area contributed by atoms with Gasteiger partial charge in [-0.05, 0) is 43.4 Å². The van der Waals surface area contributed by atoms with E-state index in [1.165, 1.54) is 24.3 Å². The van der Waals surface area contributed by atoms with Crippen molar-refractivity contribution in [2.24, 2.45) is 11.8 Å². The first-order valence-corrected chi connectivity index (χ1v) is 6.70. The Morgan fingerprint density at radius 2 is 1.60 bits per heavy atom. The van der Waals surface area contributed by atoms with E-state index in [4.69, 9.17) is 0 Å². The minimum absolute atomic E-state index is 0.0311. The largest absolute Gasteiger partial charge is 0.391 e. The second kappa shape index (κ2) is 5.94. The fraction of sp³-hybridized carbons (Fsp3) is 0.533. The maximum absolute atomic E-state index is 12.7. The molecule has 0 N–H and O–H groups in total. The van der Waals surface area contributed by atoms with E-state index >= 15 is 0 Å². The molecule has 0 aromatic heterocycles. The van der Waals surface area contributed by atoms with Gasteiger partial charge < -0.3 is 0 Å². The summed E-state index contributed by atoms with van der Waals surface area (Å²) in [6.45, 7) is 0. The van der Waals surface area contributed by atoms with Crippen molar-refractivity contribution in [3.63, 3.8) is 0 Å². The zero-order valence-electron chi connectivity index (χ0n) is 10.9. The molecule has 0 unspecified atom stereocenters. The van der Waals surface area contributed by atoms with Crippen molar-refractivity contribution >= 4 is 5.78 Å². The number of halogens is 4. The Balaban J connectivity index is 1.87. The molecule has 0 atom stereocenters. The third-order valence-electron chi connectivity index (χ3n) is 3.94. The van der Waals surface area contributed by atoms with E-state index in [0.29, 0.717) is 18.4 Å². The van der Waals surface area contributed by atoms with Crippen molar-refractivity contribution in [1.29, 1.82) is 0 Å². The molecule has 0 aliphatic heterocycles. The van der Waals surface area contributed by atoms with E-state index in [0.717, 1.165) is 0 Å². The number of hydrogen-bond acceptors (Lipinski definition) is 1.